The van der Waals surface area contributed by atoms with E-state index in [1.165, 1.54) is 12.1 Å². The molecule has 0 spiro atoms. The van der Waals surface area contributed by atoms with Crippen LogP contribution >= 0.6 is 11.6 Å². The van der Waals surface area contributed by atoms with E-state index < -0.39 is 10.9 Å². The molecule has 0 fully saturated rings. The molecule has 0 unspecified atom stereocenters. The summed E-state index contributed by atoms with van der Waals surface area (Å²) < 4.78 is 0. The van der Waals surface area contributed by atoms with Gasteiger partial charge in [0, 0.05) is 16.6 Å². The summed E-state index contributed by atoms with van der Waals surface area (Å²) in [7, 11) is 0. The molecule has 0 aromatic heterocycles. The first kappa shape index (κ1) is 13.2. The van der Waals surface area contributed by atoms with E-state index in [-0.39, 0.29) is 6.54 Å². The summed E-state index contributed by atoms with van der Waals surface area (Å²) in [6.45, 7) is 1.30. The van der Waals surface area contributed by atoms with Crippen LogP contribution in [0.3, 0.4) is 0 Å². The fraction of sp³-hybridized carbons (Fsp3) is 0.182. The third-order valence-electron chi connectivity index (χ3n) is 2.28. The molecule has 1 aromatic rings. The Morgan fingerprint density at radius 1 is 1.59 bits per heavy atom. The highest BCUT2D eigenvalue weighted by molar-refractivity contribution is 6.31. The van der Waals surface area contributed by atoms with Crippen LogP contribution in [0.15, 0.2) is 18.2 Å². The summed E-state index contributed by atoms with van der Waals surface area (Å²) in [4.78, 5) is 20.4. The van der Waals surface area contributed by atoms with E-state index >= 15 is 0 Å². The maximum absolute atomic E-state index is 10.5. The van der Waals surface area contributed by atoms with Crippen molar-refractivity contribution in [2.24, 2.45) is 0 Å². The van der Waals surface area contributed by atoms with Crippen molar-refractivity contribution in [1.29, 1.82) is 0 Å². The molecule has 0 saturated carbocycles. The number of halogens is 1. The lowest BCUT2D eigenvalue weighted by Crippen LogP contribution is -2.02. The second-order valence-electron chi connectivity index (χ2n) is 3.40. The Morgan fingerprint density at radius 2 is 2.24 bits per heavy atom. The molecule has 0 saturated heterocycles. The lowest BCUT2D eigenvalue weighted by molar-refractivity contribution is -0.496. The highest BCUT2D eigenvalue weighted by Crippen LogP contribution is 2.24. The summed E-state index contributed by atoms with van der Waals surface area (Å²) in [6, 6.07) is 3.15. The molecule has 0 atom stereocenters. The first-order valence-electron chi connectivity index (χ1n) is 4.72. The van der Waals surface area contributed by atoms with Gasteiger partial charge in [-0.2, -0.15) is 0 Å². The number of nitro groups is 1. The van der Waals surface area contributed by atoms with Gasteiger partial charge in [0.1, 0.15) is 0 Å². The van der Waals surface area contributed by atoms with E-state index in [0.29, 0.717) is 21.7 Å². The number of benzene rings is 1. The van der Waals surface area contributed by atoms with Crippen LogP contribution < -0.4 is 0 Å². The molecule has 0 aliphatic heterocycles. The summed E-state index contributed by atoms with van der Waals surface area (Å²) in [6.07, 6.45) is 2.36. The van der Waals surface area contributed by atoms with Crippen molar-refractivity contribution < 1.29 is 14.8 Å². The second-order valence-corrected chi connectivity index (χ2v) is 3.81. The second kappa shape index (κ2) is 5.45. The smallest absolute Gasteiger partial charge is 0.328 e. The monoisotopic (exact) mass is 255 g/mol. The topological polar surface area (TPSA) is 80.4 Å². The van der Waals surface area contributed by atoms with Gasteiger partial charge in [-0.1, -0.05) is 17.7 Å². The Bertz CT molecular complexity index is 496. The molecule has 0 heterocycles. The van der Waals surface area contributed by atoms with E-state index in [0.717, 1.165) is 6.08 Å². The number of carbonyl (C=O) groups is 1. The van der Waals surface area contributed by atoms with Gasteiger partial charge >= 0.3 is 5.97 Å². The summed E-state index contributed by atoms with van der Waals surface area (Å²) in [5.41, 5.74) is 1.63. The summed E-state index contributed by atoms with van der Waals surface area (Å²) in [5.74, 6) is -1.07. The van der Waals surface area contributed by atoms with Crippen molar-refractivity contribution in [3.8, 4) is 0 Å². The molecule has 6 heteroatoms. The van der Waals surface area contributed by atoms with E-state index in [9.17, 15) is 14.9 Å². The average molecular weight is 256 g/mol. The number of carboxylic acids is 1. The molecule has 0 radical (unpaired) electrons. The van der Waals surface area contributed by atoms with Gasteiger partial charge in [0.25, 0.3) is 0 Å². The molecule has 1 aromatic carbocycles. The average Bonchev–Trinajstić information content (AvgIpc) is 2.22. The highest BCUT2D eigenvalue weighted by atomic mass is 35.5. The normalized spacial score (nSPS) is 10.7. The van der Waals surface area contributed by atoms with E-state index in [2.05, 4.69) is 0 Å². The first-order valence-corrected chi connectivity index (χ1v) is 5.10. The van der Waals surface area contributed by atoms with Gasteiger partial charge in [0.15, 0.2) is 0 Å². The summed E-state index contributed by atoms with van der Waals surface area (Å²) in [5, 5.41) is 19.3. The fourth-order valence-corrected chi connectivity index (χ4v) is 1.67. The minimum absolute atomic E-state index is 0.312. The molecule has 5 nitrogen and oxygen atoms in total. The predicted octanol–water partition coefficient (Wildman–Crippen LogP) is 2.52. The van der Waals surface area contributed by atoms with Crippen molar-refractivity contribution >= 4 is 23.6 Å². The van der Waals surface area contributed by atoms with Crippen LogP contribution in [0.1, 0.15) is 16.7 Å². The standard InChI is InChI=1S/C11H10ClNO4/c1-7-8(3-5-11(14)15)2-4-10(12)9(7)6-13(16)17/h2-5H,6H2,1H3,(H,14,15). The molecule has 90 valence electrons. The molecule has 0 aliphatic carbocycles. The van der Waals surface area contributed by atoms with Crippen LogP contribution in [0.2, 0.25) is 5.02 Å². The molecule has 1 rings (SSSR count). The number of aliphatic carboxylic acids is 1. The minimum atomic E-state index is -1.07. The Morgan fingerprint density at radius 3 is 2.76 bits per heavy atom. The van der Waals surface area contributed by atoms with E-state index in [1.54, 1.807) is 13.0 Å². The van der Waals surface area contributed by atoms with Crippen LogP contribution in [0.5, 0.6) is 0 Å². The first-order chi connectivity index (χ1) is 7.91. The van der Waals surface area contributed by atoms with Crippen molar-refractivity contribution in [2.75, 3.05) is 0 Å². The zero-order valence-electron chi connectivity index (χ0n) is 9.01. The molecule has 1 N–H and O–H groups in total. The number of carboxylic acid groups (broad SMARTS) is 1. The number of nitrogens with zero attached hydrogens (tertiary/aromatic N) is 1. The van der Waals surface area contributed by atoms with Crippen molar-refractivity contribution in [3.63, 3.8) is 0 Å². The van der Waals surface area contributed by atoms with Crippen LogP contribution in [0, 0.1) is 17.0 Å². The minimum Gasteiger partial charge on any atom is -0.478 e. The van der Waals surface area contributed by atoms with Crippen LogP contribution in [0.25, 0.3) is 6.08 Å². The Balaban J connectivity index is 3.18. The third kappa shape index (κ3) is 3.57. The molecular weight excluding hydrogens is 246 g/mol. The lowest BCUT2D eigenvalue weighted by Gasteiger charge is -2.07. The van der Waals surface area contributed by atoms with Crippen LogP contribution in [0.4, 0.5) is 0 Å². The Kier molecular flexibility index (Phi) is 4.23. The predicted molar refractivity (Wildman–Crippen MR) is 63.6 cm³/mol. The third-order valence-corrected chi connectivity index (χ3v) is 2.63. The molecular formula is C11H10ClNO4. The van der Waals surface area contributed by atoms with Crippen molar-refractivity contribution in [3.05, 3.63) is 50.0 Å². The van der Waals surface area contributed by atoms with E-state index in [1.807, 2.05) is 0 Å². The van der Waals surface area contributed by atoms with E-state index in [4.69, 9.17) is 16.7 Å². The lowest BCUT2D eigenvalue weighted by atomic mass is 10.0. The van der Waals surface area contributed by atoms with Crippen molar-refractivity contribution in [1.82, 2.24) is 0 Å². The number of hydrogen-bond donors (Lipinski definition) is 1. The summed E-state index contributed by atoms with van der Waals surface area (Å²) >= 11 is 5.86. The zero-order valence-corrected chi connectivity index (χ0v) is 9.77. The fourth-order valence-electron chi connectivity index (χ4n) is 1.41. The van der Waals surface area contributed by atoms with Gasteiger partial charge in [-0.3, -0.25) is 10.1 Å². The van der Waals surface area contributed by atoms with Crippen molar-refractivity contribution in [2.45, 2.75) is 13.5 Å². The van der Waals surface area contributed by atoms with Gasteiger partial charge in [0.2, 0.25) is 6.54 Å². The SMILES string of the molecule is Cc1c(C=CC(=O)O)ccc(Cl)c1C[N+](=O)[O-]. The van der Waals surface area contributed by atoms with Gasteiger partial charge in [-0.25, -0.2) is 4.79 Å². The number of rotatable bonds is 4. The maximum Gasteiger partial charge on any atom is 0.328 e. The van der Waals surface area contributed by atoms with Crippen LogP contribution in [-0.4, -0.2) is 16.0 Å². The van der Waals surface area contributed by atoms with Gasteiger partial charge < -0.3 is 5.11 Å². The van der Waals surface area contributed by atoms with Crippen LogP contribution in [-0.2, 0) is 11.3 Å². The molecule has 0 aliphatic rings. The highest BCUT2D eigenvalue weighted by Gasteiger charge is 2.12. The largest absolute Gasteiger partial charge is 0.478 e. The quantitative estimate of drug-likeness (QED) is 0.509. The Labute approximate surface area is 102 Å². The van der Waals surface area contributed by atoms with Gasteiger partial charge in [-0.05, 0) is 30.2 Å². The van der Waals surface area contributed by atoms with Gasteiger partial charge in [-0.15, -0.1) is 0 Å². The van der Waals surface area contributed by atoms with Gasteiger partial charge in [0.05, 0.1) is 5.02 Å². The molecule has 0 bridgehead atoms. The Hall–Kier alpha value is -1.88. The maximum atomic E-state index is 10.5. The molecule has 0 amide bonds. The number of hydrogen-bond acceptors (Lipinski definition) is 3. The zero-order chi connectivity index (χ0) is 13.0. The molecule has 17 heavy (non-hydrogen) atoms.